The minimum atomic E-state index is -0.315. The van der Waals surface area contributed by atoms with Crippen molar-refractivity contribution < 1.29 is 14.3 Å². The fourth-order valence-corrected chi connectivity index (χ4v) is 2.64. The van der Waals surface area contributed by atoms with Crippen LogP contribution < -0.4 is 4.74 Å². The number of hydrogen-bond acceptors (Lipinski definition) is 4. The number of aromatic nitrogens is 2. The number of benzene rings is 1. The SMILES string of the molecule is Cc1nn(C)cc1C(=O)OC[C@H]1CCOc2ccccc21. The monoisotopic (exact) mass is 286 g/mol. The first-order valence-corrected chi connectivity index (χ1v) is 7.04. The summed E-state index contributed by atoms with van der Waals surface area (Å²) in [5.41, 5.74) is 2.33. The Morgan fingerprint density at radius 1 is 1.48 bits per heavy atom. The van der Waals surface area contributed by atoms with Gasteiger partial charge in [0.05, 0.1) is 18.9 Å². The van der Waals surface area contributed by atoms with Crippen LogP contribution in [-0.2, 0) is 11.8 Å². The summed E-state index contributed by atoms with van der Waals surface area (Å²) in [5.74, 6) is 0.766. The van der Waals surface area contributed by atoms with Gasteiger partial charge in [-0.2, -0.15) is 5.10 Å². The average Bonchev–Trinajstić information content (AvgIpc) is 2.83. The summed E-state index contributed by atoms with van der Waals surface area (Å²) < 4.78 is 12.7. The molecular formula is C16H18N2O3. The molecule has 2 heterocycles. The van der Waals surface area contributed by atoms with Gasteiger partial charge >= 0.3 is 5.97 Å². The summed E-state index contributed by atoms with van der Waals surface area (Å²) in [6, 6.07) is 7.91. The normalized spacial score (nSPS) is 17.0. The van der Waals surface area contributed by atoms with Crippen LogP contribution in [0.15, 0.2) is 30.5 Å². The van der Waals surface area contributed by atoms with Gasteiger partial charge in [0.1, 0.15) is 11.3 Å². The lowest BCUT2D eigenvalue weighted by molar-refractivity contribution is 0.0458. The molecule has 0 unspecified atom stereocenters. The second kappa shape index (κ2) is 5.60. The second-order valence-corrected chi connectivity index (χ2v) is 5.27. The number of esters is 1. The van der Waals surface area contributed by atoms with Crippen molar-refractivity contribution in [3.05, 3.63) is 47.3 Å². The molecule has 0 aliphatic carbocycles. The number of para-hydroxylation sites is 1. The Morgan fingerprint density at radius 3 is 3.05 bits per heavy atom. The second-order valence-electron chi connectivity index (χ2n) is 5.27. The highest BCUT2D eigenvalue weighted by atomic mass is 16.5. The van der Waals surface area contributed by atoms with Crippen molar-refractivity contribution in [2.75, 3.05) is 13.2 Å². The summed E-state index contributed by atoms with van der Waals surface area (Å²) in [6.07, 6.45) is 2.55. The summed E-state index contributed by atoms with van der Waals surface area (Å²) in [7, 11) is 1.79. The van der Waals surface area contributed by atoms with Crippen LogP contribution in [0.1, 0.15) is 34.0 Å². The van der Waals surface area contributed by atoms with Crippen LogP contribution in [0.5, 0.6) is 5.75 Å². The van der Waals surface area contributed by atoms with Crippen LogP contribution >= 0.6 is 0 Å². The maximum absolute atomic E-state index is 12.1. The van der Waals surface area contributed by atoms with Crippen LogP contribution in [0.2, 0.25) is 0 Å². The van der Waals surface area contributed by atoms with E-state index in [-0.39, 0.29) is 11.9 Å². The third kappa shape index (κ3) is 2.77. The third-order valence-corrected chi connectivity index (χ3v) is 3.73. The molecule has 1 aromatic heterocycles. The zero-order chi connectivity index (χ0) is 14.8. The maximum atomic E-state index is 12.1. The molecule has 0 bridgehead atoms. The van der Waals surface area contributed by atoms with E-state index in [1.807, 2.05) is 24.3 Å². The fraction of sp³-hybridized carbons (Fsp3) is 0.375. The van der Waals surface area contributed by atoms with E-state index in [4.69, 9.17) is 9.47 Å². The van der Waals surface area contributed by atoms with Gasteiger partial charge in [-0.3, -0.25) is 4.68 Å². The Labute approximate surface area is 123 Å². The van der Waals surface area contributed by atoms with Gasteiger partial charge in [-0.05, 0) is 19.4 Å². The van der Waals surface area contributed by atoms with Crippen molar-refractivity contribution in [3.63, 3.8) is 0 Å². The van der Waals surface area contributed by atoms with Crippen molar-refractivity contribution in [1.29, 1.82) is 0 Å². The molecule has 5 heteroatoms. The number of ether oxygens (including phenoxy) is 2. The summed E-state index contributed by atoms with van der Waals surface area (Å²) in [5, 5.41) is 4.16. The first-order chi connectivity index (χ1) is 10.1. The molecule has 110 valence electrons. The molecule has 1 atom stereocenters. The first kappa shape index (κ1) is 13.7. The number of carbonyl (C=O) groups excluding carboxylic acids is 1. The van der Waals surface area contributed by atoms with Gasteiger partial charge < -0.3 is 9.47 Å². The number of hydrogen-bond donors (Lipinski definition) is 0. The zero-order valence-electron chi connectivity index (χ0n) is 12.2. The van der Waals surface area contributed by atoms with Gasteiger partial charge in [-0.15, -0.1) is 0 Å². The molecule has 0 amide bonds. The quantitative estimate of drug-likeness (QED) is 0.813. The predicted octanol–water partition coefficient (Wildman–Crippen LogP) is 2.45. The van der Waals surface area contributed by atoms with Gasteiger partial charge in [0.15, 0.2) is 0 Å². The molecule has 2 aromatic rings. The van der Waals surface area contributed by atoms with E-state index in [0.717, 1.165) is 17.7 Å². The summed E-state index contributed by atoms with van der Waals surface area (Å²) in [4.78, 5) is 12.1. The van der Waals surface area contributed by atoms with Crippen LogP contribution in [0, 0.1) is 6.92 Å². The lowest BCUT2D eigenvalue weighted by Crippen LogP contribution is -2.20. The number of fused-ring (bicyclic) bond motifs is 1. The van der Waals surface area contributed by atoms with Crippen LogP contribution in [0.3, 0.4) is 0 Å². The van der Waals surface area contributed by atoms with E-state index in [1.54, 1.807) is 24.9 Å². The topological polar surface area (TPSA) is 53.4 Å². The van der Waals surface area contributed by atoms with E-state index >= 15 is 0 Å². The molecule has 1 aromatic carbocycles. The van der Waals surface area contributed by atoms with E-state index in [9.17, 15) is 4.79 Å². The summed E-state index contributed by atoms with van der Waals surface area (Å²) >= 11 is 0. The first-order valence-electron chi connectivity index (χ1n) is 7.04. The Morgan fingerprint density at radius 2 is 2.29 bits per heavy atom. The fourth-order valence-electron chi connectivity index (χ4n) is 2.64. The molecule has 1 aliphatic rings. The van der Waals surface area contributed by atoms with Gasteiger partial charge in [-0.1, -0.05) is 18.2 Å². The molecule has 0 fully saturated rings. The minimum Gasteiger partial charge on any atom is -0.493 e. The summed E-state index contributed by atoms with van der Waals surface area (Å²) in [6.45, 7) is 2.83. The Hall–Kier alpha value is -2.30. The van der Waals surface area contributed by atoms with Crippen molar-refractivity contribution >= 4 is 5.97 Å². The number of carbonyl (C=O) groups is 1. The third-order valence-electron chi connectivity index (χ3n) is 3.73. The van der Waals surface area contributed by atoms with Crippen molar-refractivity contribution in [2.24, 2.45) is 7.05 Å². The number of aryl methyl sites for hydroxylation is 2. The highest BCUT2D eigenvalue weighted by Crippen LogP contribution is 2.33. The predicted molar refractivity (Wildman–Crippen MR) is 77.5 cm³/mol. The number of nitrogens with zero attached hydrogens (tertiary/aromatic N) is 2. The van der Waals surface area contributed by atoms with Crippen molar-refractivity contribution in [2.45, 2.75) is 19.3 Å². The maximum Gasteiger partial charge on any atom is 0.341 e. The number of rotatable bonds is 3. The van der Waals surface area contributed by atoms with Gasteiger partial charge in [0.25, 0.3) is 0 Å². The molecule has 0 radical (unpaired) electrons. The molecule has 0 saturated heterocycles. The molecule has 21 heavy (non-hydrogen) atoms. The molecule has 3 rings (SSSR count). The lowest BCUT2D eigenvalue weighted by atomic mass is 9.94. The van der Waals surface area contributed by atoms with E-state index in [1.165, 1.54) is 0 Å². The molecule has 0 N–H and O–H groups in total. The molecule has 0 saturated carbocycles. The van der Waals surface area contributed by atoms with Gasteiger partial charge in [0.2, 0.25) is 0 Å². The van der Waals surface area contributed by atoms with E-state index in [2.05, 4.69) is 5.10 Å². The Kier molecular flexibility index (Phi) is 3.64. The lowest BCUT2D eigenvalue weighted by Gasteiger charge is -2.25. The highest BCUT2D eigenvalue weighted by Gasteiger charge is 2.23. The molecule has 0 spiro atoms. The van der Waals surface area contributed by atoms with Crippen molar-refractivity contribution in [3.8, 4) is 5.75 Å². The average molecular weight is 286 g/mol. The Balaban J connectivity index is 1.69. The smallest absolute Gasteiger partial charge is 0.341 e. The van der Waals surface area contributed by atoms with E-state index in [0.29, 0.717) is 24.5 Å². The standard InChI is InChI=1S/C16H18N2O3/c1-11-14(9-18(2)17-11)16(19)21-10-12-7-8-20-15-6-4-3-5-13(12)15/h3-6,9,12H,7-8,10H2,1-2H3/t12-/m1/s1. The minimum absolute atomic E-state index is 0.191. The van der Waals surface area contributed by atoms with Gasteiger partial charge in [-0.25, -0.2) is 4.79 Å². The molecule has 5 nitrogen and oxygen atoms in total. The van der Waals surface area contributed by atoms with Crippen LogP contribution in [-0.4, -0.2) is 29.0 Å². The van der Waals surface area contributed by atoms with Crippen LogP contribution in [0.25, 0.3) is 0 Å². The Bertz CT molecular complexity index is 663. The molecular weight excluding hydrogens is 268 g/mol. The molecule has 1 aliphatic heterocycles. The largest absolute Gasteiger partial charge is 0.493 e. The van der Waals surface area contributed by atoms with Crippen molar-refractivity contribution in [1.82, 2.24) is 9.78 Å². The highest BCUT2D eigenvalue weighted by molar-refractivity contribution is 5.90. The van der Waals surface area contributed by atoms with Gasteiger partial charge in [0, 0.05) is 24.7 Å². The van der Waals surface area contributed by atoms with Crippen LogP contribution in [0.4, 0.5) is 0 Å². The van der Waals surface area contributed by atoms with E-state index < -0.39 is 0 Å². The zero-order valence-corrected chi connectivity index (χ0v) is 12.2.